The molecule has 90 valence electrons. The van der Waals surface area contributed by atoms with Crippen LogP contribution in [0.25, 0.3) is 0 Å². The Balaban J connectivity index is 2.37. The van der Waals surface area contributed by atoms with Crippen LogP contribution in [0.3, 0.4) is 0 Å². The van der Waals surface area contributed by atoms with Crippen LogP contribution in [-0.2, 0) is 23.8 Å². The van der Waals surface area contributed by atoms with Crippen molar-refractivity contribution in [3.8, 4) is 0 Å². The molecule has 16 heavy (non-hydrogen) atoms. The Morgan fingerprint density at radius 2 is 2.31 bits per heavy atom. The molecule has 0 N–H and O–H groups in total. The fourth-order valence-electron chi connectivity index (χ4n) is 1.48. The number of carbonyl (C=O) groups excluding carboxylic acids is 2. The topological polar surface area (TPSA) is 61.8 Å². The van der Waals surface area contributed by atoms with Crippen molar-refractivity contribution in [1.82, 2.24) is 0 Å². The van der Waals surface area contributed by atoms with Crippen LogP contribution in [0.2, 0.25) is 0 Å². The molecule has 1 rings (SSSR count). The Labute approximate surface area is 94.4 Å². The molecule has 1 heterocycles. The Kier molecular flexibility index (Phi) is 4.49. The van der Waals surface area contributed by atoms with Crippen LogP contribution in [0.4, 0.5) is 0 Å². The van der Waals surface area contributed by atoms with E-state index in [1.165, 1.54) is 0 Å². The third-order valence-corrected chi connectivity index (χ3v) is 2.54. The number of rotatable bonds is 5. The van der Waals surface area contributed by atoms with Gasteiger partial charge < -0.3 is 14.2 Å². The lowest BCUT2D eigenvalue weighted by Gasteiger charge is -2.25. The molecule has 1 saturated heterocycles. The molecule has 0 aliphatic carbocycles. The Morgan fingerprint density at radius 3 is 2.81 bits per heavy atom. The van der Waals surface area contributed by atoms with Gasteiger partial charge in [0, 0.05) is 12.5 Å². The monoisotopic (exact) mass is 228 g/mol. The highest BCUT2D eigenvalue weighted by Crippen LogP contribution is 2.26. The number of esters is 2. The van der Waals surface area contributed by atoms with E-state index in [4.69, 9.17) is 9.47 Å². The third-order valence-electron chi connectivity index (χ3n) is 2.54. The van der Waals surface area contributed by atoms with Crippen molar-refractivity contribution in [3.63, 3.8) is 0 Å². The summed E-state index contributed by atoms with van der Waals surface area (Å²) in [7, 11) is 0. The third kappa shape index (κ3) is 3.34. The van der Waals surface area contributed by atoms with Gasteiger partial charge in [-0.1, -0.05) is 13.5 Å². The van der Waals surface area contributed by atoms with Crippen molar-refractivity contribution in [1.29, 1.82) is 0 Å². The molecule has 0 amide bonds. The highest BCUT2D eigenvalue weighted by Gasteiger charge is 2.37. The lowest BCUT2D eigenvalue weighted by atomic mass is 10.00. The van der Waals surface area contributed by atoms with Crippen molar-refractivity contribution in [2.45, 2.75) is 25.4 Å². The number of carbonyl (C=O) groups is 2. The molecule has 0 aromatic heterocycles. The van der Waals surface area contributed by atoms with Crippen LogP contribution in [-0.4, -0.2) is 37.4 Å². The minimum absolute atomic E-state index is 0.382. The molecule has 0 radical (unpaired) electrons. The van der Waals surface area contributed by atoms with Crippen LogP contribution in [0.15, 0.2) is 12.7 Å². The van der Waals surface area contributed by atoms with Gasteiger partial charge in [0.05, 0.1) is 13.2 Å². The van der Waals surface area contributed by atoms with E-state index in [0.717, 1.165) is 6.08 Å². The standard InChI is InChI=1S/C11H16O5/c1-3-9(12)15-7-10(13)16-11(4-2)5-6-14-8-11/h3H,1,4-8H2,2H3. The van der Waals surface area contributed by atoms with Crippen molar-refractivity contribution >= 4 is 11.9 Å². The van der Waals surface area contributed by atoms with E-state index >= 15 is 0 Å². The molecular weight excluding hydrogens is 212 g/mol. The number of ether oxygens (including phenoxy) is 3. The zero-order valence-corrected chi connectivity index (χ0v) is 9.36. The van der Waals surface area contributed by atoms with Gasteiger partial charge in [0.25, 0.3) is 0 Å². The van der Waals surface area contributed by atoms with E-state index in [9.17, 15) is 9.59 Å². The predicted molar refractivity (Wildman–Crippen MR) is 55.7 cm³/mol. The molecule has 0 aromatic carbocycles. The van der Waals surface area contributed by atoms with Gasteiger partial charge in [0.1, 0.15) is 5.60 Å². The van der Waals surface area contributed by atoms with E-state index in [1.54, 1.807) is 0 Å². The van der Waals surface area contributed by atoms with Gasteiger partial charge >= 0.3 is 11.9 Å². The van der Waals surface area contributed by atoms with Gasteiger partial charge in [0.2, 0.25) is 0 Å². The molecule has 5 nitrogen and oxygen atoms in total. The maximum absolute atomic E-state index is 11.4. The van der Waals surface area contributed by atoms with Crippen molar-refractivity contribution in [2.75, 3.05) is 19.8 Å². The lowest BCUT2D eigenvalue weighted by Crippen LogP contribution is -2.36. The Morgan fingerprint density at radius 1 is 1.56 bits per heavy atom. The first-order valence-electron chi connectivity index (χ1n) is 5.20. The maximum Gasteiger partial charge on any atom is 0.344 e. The number of hydrogen-bond acceptors (Lipinski definition) is 5. The van der Waals surface area contributed by atoms with Crippen LogP contribution >= 0.6 is 0 Å². The second-order valence-electron chi connectivity index (χ2n) is 3.63. The van der Waals surface area contributed by atoms with Crippen LogP contribution in [0.1, 0.15) is 19.8 Å². The highest BCUT2D eigenvalue weighted by molar-refractivity contribution is 5.83. The zero-order valence-electron chi connectivity index (χ0n) is 9.36. The molecule has 0 bridgehead atoms. The average Bonchev–Trinajstić information content (AvgIpc) is 2.75. The molecule has 5 heteroatoms. The average molecular weight is 228 g/mol. The second-order valence-corrected chi connectivity index (χ2v) is 3.63. The van der Waals surface area contributed by atoms with E-state index in [2.05, 4.69) is 11.3 Å². The second kappa shape index (κ2) is 5.65. The quantitative estimate of drug-likeness (QED) is 0.515. The van der Waals surface area contributed by atoms with Gasteiger partial charge in [-0.3, -0.25) is 0 Å². The molecule has 1 aliphatic heterocycles. The van der Waals surface area contributed by atoms with E-state index < -0.39 is 17.5 Å². The van der Waals surface area contributed by atoms with Gasteiger partial charge in [0.15, 0.2) is 6.61 Å². The largest absolute Gasteiger partial charge is 0.454 e. The molecule has 1 unspecified atom stereocenters. The zero-order chi connectivity index (χ0) is 12.0. The van der Waals surface area contributed by atoms with Gasteiger partial charge in [-0.25, -0.2) is 9.59 Å². The van der Waals surface area contributed by atoms with E-state index in [1.807, 2.05) is 6.92 Å². The highest BCUT2D eigenvalue weighted by atomic mass is 16.6. The number of hydrogen-bond donors (Lipinski definition) is 0. The van der Waals surface area contributed by atoms with Crippen molar-refractivity contribution < 1.29 is 23.8 Å². The van der Waals surface area contributed by atoms with E-state index in [0.29, 0.717) is 26.1 Å². The van der Waals surface area contributed by atoms with Crippen LogP contribution < -0.4 is 0 Å². The van der Waals surface area contributed by atoms with Crippen LogP contribution in [0, 0.1) is 0 Å². The fraction of sp³-hybridized carbons (Fsp3) is 0.636. The first-order chi connectivity index (χ1) is 7.62. The Hall–Kier alpha value is -1.36. The molecule has 1 aliphatic rings. The summed E-state index contributed by atoms with van der Waals surface area (Å²) in [6, 6.07) is 0. The molecule has 0 saturated carbocycles. The Bertz CT molecular complexity index is 278. The summed E-state index contributed by atoms with van der Waals surface area (Å²) >= 11 is 0. The van der Waals surface area contributed by atoms with Gasteiger partial charge in [-0.2, -0.15) is 0 Å². The van der Waals surface area contributed by atoms with E-state index in [-0.39, 0.29) is 6.61 Å². The molecule has 1 fully saturated rings. The molecular formula is C11H16O5. The minimum atomic E-state index is -0.634. The van der Waals surface area contributed by atoms with Crippen LogP contribution in [0.5, 0.6) is 0 Å². The summed E-state index contributed by atoms with van der Waals surface area (Å²) in [6.07, 6.45) is 2.38. The fourth-order valence-corrected chi connectivity index (χ4v) is 1.48. The molecule has 0 spiro atoms. The lowest BCUT2D eigenvalue weighted by molar-refractivity contribution is -0.169. The summed E-state index contributed by atoms with van der Waals surface area (Å²) in [6.45, 7) is 5.77. The summed E-state index contributed by atoms with van der Waals surface area (Å²) < 4.78 is 15.0. The summed E-state index contributed by atoms with van der Waals surface area (Å²) in [5, 5.41) is 0. The summed E-state index contributed by atoms with van der Waals surface area (Å²) in [5.74, 6) is -1.19. The van der Waals surface area contributed by atoms with Crippen molar-refractivity contribution in [2.24, 2.45) is 0 Å². The van der Waals surface area contributed by atoms with Gasteiger partial charge in [-0.05, 0) is 6.42 Å². The SMILES string of the molecule is C=CC(=O)OCC(=O)OC1(CC)CCOC1. The maximum atomic E-state index is 11.4. The normalized spacial score (nSPS) is 23.8. The first-order valence-corrected chi connectivity index (χ1v) is 5.20. The predicted octanol–water partition coefficient (Wildman–Crippen LogP) is 0.828. The summed E-state index contributed by atoms with van der Waals surface area (Å²) in [5.41, 5.74) is -0.544. The molecule has 0 aromatic rings. The van der Waals surface area contributed by atoms with Crippen molar-refractivity contribution in [3.05, 3.63) is 12.7 Å². The first kappa shape index (κ1) is 12.7. The summed E-state index contributed by atoms with van der Waals surface area (Å²) in [4.78, 5) is 22.1. The smallest absolute Gasteiger partial charge is 0.344 e. The molecule has 1 atom stereocenters. The van der Waals surface area contributed by atoms with Gasteiger partial charge in [-0.15, -0.1) is 0 Å². The minimum Gasteiger partial charge on any atom is -0.454 e.